The molecule has 0 spiro atoms. The third-order valence-corrected chi connectivity index (χ3v) is 8.19. The molecule has 0 saturated heterocycles. The second-order valence-electron chi connectivity index (χ2n) is 10.9. The van der Waals surface area contributed by atoms with Crippen molar-refractivity contribution in [3.05, 3.63) is 102 Å². The van der Waals surface area contributed by atoms with E-state index in [2.05, 4.69) is 97.9 Å². The normalized spacial score (nSPS) is 11.5. The van der Waals surface area contributed by atoms with Crippen molar-refractivity contribution in [2.45, 2.75) is 109 Å². The maximum absolute atomic E-state index is 7.19. The van der Waals surface area contributed by atoms with E-state index in [4.69, 9.17) is 5.64 Å². The number of hydrogen-bond donors (Lipinski definition) is 1. The van der Waals surface area contributed by atoms with Gasteiger partial charge in [-0.2, -0.15) is 0 Å². The van der Waals surface area contributed by atoms with Gasteiger partial charge in [-0.05, 0) is 17.5 Å². The molecule has 0 aliphatic heterocycles. The fourth-order valence-electron chi connectivity index (χ4n) is 5.98. The Morgan fingerprint density at radius 2 is 0.838 bits per heavy atom. The van der Waals surface area contributed by atoms with Crippen LogP contribution in [0, 0.1) is 0 Å². The summed E-state index contributed by atoms with van der Waals surface area (Å²) in [4.78, 5) is 0. The van der Waals surface area contributed by atoms with Crippen LogP contribution in [0.2, 0.25) is 0 Å². The number of hydrogen-bond acceptors (Lipinski definition) is 1. The minimum atomic E-state index is -0.235. The molecule has 3 rings (SSSR count). The van der Waals surface area contributed by atoms with E-state index in [0.29, 0.717) is 0 Å². The molecule has 0 aliphatic rings. The molecular formula is C35H50BN. The zero-order valence-electron chi connectivity index (χ0n) is 23.4. The largest absolute Gasteiger partial charge is 0.365 e. The summed E-state index contributed by atoms with van der Waals surface area (Å²) in [6.45, 7) is 2.20. The van der Waals surface area contributed by atoms with Gasteiger partial charge in [0.1, 0.15) is 0 Å². The first-order valence-electron chi connectivity index (χ1n) is 15.2. The molecule has 0 aliphatic carbocycles. The predicted molar refractivity (Wildman–Crippen MR) is 165 cm³/mol. The first kappa shape index (κ1) is 29.2. The van der Waals surface area contributed by atoms with Gasteiger partial charge in [0, 0.05) is 5.31 Å². The van der Waals surface area contributed by atoms with Gasteiger partial charge >= 0.3 is 0 Å². The summed E-state index contributed by atoms with van der Waals surface area (Å²) in [6.07, 6.45) is 20.4. The Hall–Kier alpha value is -2.32. The summed E-state index contributed by atoms with van der Waals surface area (Å²) in [7, 11) is 0. The van der Waals surface area contributed by atoms with Gasteiger partial charge in [0.15, 0.2) is 0 Å². The van der Waals surface area contributed by atoms with Crippen LogP contribution in [-0.4, -0.2) is 6.85 Å². The lowest BCUT2D eigenvalue weighted by Crippen LogP contribution is -2.58. The number of unbranched alkanes of at least 4 members (excludes halogenated alkanes) is 13. The second-order valence-corrected chi connectivity index (χ2v) is 10.9. The first-order valence-corrected chi connectivity index (χ1v) is 15.2. The van der Waals surface area contributed by atoms with Gasteiger partial charge in [0.05, 0.1) is 0 Å². The highest BCUT2D eigenvalue weighted by atomic mass is 14.5. The first-order chi connectivity index (χ1) is 18.3. The summed E-state index contributed by atoms with van der Waals surface area (Å²) in [5, 5.41) is -0.235. The van der Waals surface area contributed by atoms with Gasteiger partial charge in [-0.25, -0.2) is 0 Å². The van der Waals surface area contributed by atoms with E-state index in [1.54, 1.807) is 0 Å². The molecule has 1 nitrogen and oxygen atoms in total. The van der Waals surface area contributed by atoms with Crippen molar-refractivity contribution in [3.8, 4) is 0 Å². The van der Waals surface area contributed by atoms with Crippen molar-refractivity contribution < 1.29 is 0 Å². The Bertz CT molecular complexity index is 901. The van der Waals surface area contributed by atoms with Crippen molar-refractivity contribution in [3.63, 3.8) is 0 Å². The Labute approximate surface area is 228 Å². The maximum atomic E-state index is 7.19. The van der Waals surface area contributed by atoms with Crippen LogP contribution in [-0.2, 0) is 5.31 Å². The molecule has 0 atom stereocenters. The van der Waals surface area contributed by atoms with Crippen molar-refractivity contribution in [1.29, 1.82) is 0 Å². The van der Waals surface area contributed by atoms with E-state index in [1.165, 1.54) is 106 Å². The van der Waals surface area contributed by atoms with Crippen molar-refractivity contribution in [2.75, 3.05) is 0 Å². The molecule has 0 amide bonds. The quantitative estimate of drug-likeness (QED) is 0.130. The molecule has 0 saturated carbocycles. The van der Waals surface area contributed by atoms with Crippen molar-refractivity contribution in [1.82, 2.24) is 0 Å². The molecule has 3 aromatic rings. The topological polar surface area (TPSA) is 26.0 Å². The van der Waals surface area contributed by atoms with Gasteiger partial charge in [0.25, 0.3) is 6.85 Å². The van der Waals surface area contributed by atoms with E-state index in [1.807, 2.05) is 0 Å². The Balaban J connectivity index is 1.54. The molecular weight excluding hydrogens is 445 g/mol. The van der Waals surface area contributed by atoms with Crippen LogP contribution in [0.25, 0.3) is 0 Å². The van der Waals surface area contributed by atoms with Crippen LogP contribution < -0.4 is 11.1 Å². The Kier molecular flexibility index (Phi) is 13.6. The van der Waals surface area contributed by atoms with Gasteiger partial charge in [-0.3, -0.25) is 0 Å². The minimum Gasteiger partial charge on any atom is -0.365 e. The lowest BCUT2D eigenvalue weighted by atomic mass is 9.34. The third kappa shape index (κ3) is 9.18. The second kappa shape index (κ2) is 17.2. The van der Waals surface area contributed by atoms with Crippen LogP contribution in [0.5, 0.6) is 0 Å². The number of rotatable bonds is 19. The molecule has 0 aromatic heterocycles. The summed E-state index contributed by atoms with van der Waals surface area (Å²) < 4.78 is 0. The fraction of sp³-hybridized carbons (Fsp3) is 0.486. The fourth-order valence-corrected chi connectivity index (χ4v) is 5.98. The maximum Gasteiger partial charge on any atom is 0.267 e. The lowest BCUT2D eigenvalue weighted by molar-refractivity contribution is 0.516. The highest BCUT2D eigenvalue weighted by Gasteiger charge is 2.43. The van der Waals surface area contributed by atoms with E-state index < -0.39 is 0 Å². The summed E-state index contributed by atoms with van der Waals surface area (Å²) in [5.41, 5.74) is 11.1. The van der Waals surface area contributed by atoms with Crippen molar-refractivity contribution >= 4 is 12.3 Å². The molecule has 0 radical (unpaired) electrons. The SMILES string of the molecule is CCCCCCCCCCCCCCCCC(B(N)c1ccccc1)(c1ccccc1)c1ccccc1. The molecule has 0 fully saturated rings. The van der Waals surface area contributed by atoms with E-state index in [0.717, 1.165) is 6.42 Å². The predicted octanol–water partition coefficient (Wildman–Crippen LogP) is 9.24. The average molecular weight is 496 g/mol. The average Bonchev–Trinajstić information content (AvgIpc) is 2.96. The molecule has 0 heterocycles. The van der Waals surface area contributed by atoms with Crippen molar-refractivity contribution in [2.24, 2.45) is 5.64 Å². The monoisotopic (exact) mass is 495 g/mol. The van der Waals surface area contributed by atoms with Gasteiger partial charge in [-0.1, -0.05) is 193 Å². The van der Waals surface area contributed by atoms with E-state index in [9.17, 15) is 0 Å². The standard InChI is InChI=1S/C35H50BN/c1-2-3-4-5-6-7-8-9-10-11-12-13-14-24-31-35(32-25-18-15-19-26-32,33-27-20-16-21-28-33)36(37)34-29-22-17-23-30-34/h15-23,25-30H,2-14,24,31,37H2,1H3. The zero-order chi connectivity index (χ0) is 26.0. The van der Waals surface area contributed by atoms with Crippen LogP contribution in [0.3, 0.4) is 0 Å². The molecule has 3 aromatic carbocycles. The van der Waals surface area contributed by atoms with Gasteiger partial charge in [-0.15, -0.1) is 0 Å². The molecule has 198 valence electrons. The number of nitrogens with two attached hydrogens (primary N) is 1. The van der Waals surface area contributed by atoms with Gasteiger partial charge in [0.2, 0.25) is 0 Å². The van der Waals surface area contributed by atoms with Crippen LogP contribution in [0.1, 0.15) is 114 Å². The Morgan fingerprint density at radius 1 is 0.486 bits per heavy atom. The highest BCUT2D eigenvalue weighted by Crippen LogP contribution is 2.38. The molecule has 2 heteroatoms. The van der Waals surface area contributed by atoms with Crippen LogP contribution in [0.4, 0.5) is 0 Å². The third-order valence-electron chi connectivity index (χ3n) is 8.19. The summed E-state index contributed by atoms with van der Waals surface area (Å²) in [6, 6.07) is 32.7. The smallest absolute Gasteiger partial charge is 0.267 e. The summed E-state index contributed by atoms with van der Waals surface area (Å²) in [5.74, 6) is 0. The van der Waals surface area contributed by atoms with Crippen LogP contribution >= 0.6 is 0 Å². The number of benzene rings is 3. The lowest BCUT2D eigenvalue weighted by Gasteiger charge is -2.39. The highest BCUT2D eigenvalue weighted by molar-refractivity contribution is 6.73. The molecule has 2 N–H and O–H groups in total. The van der Waals surface area contributed by atoms with E-state index >= 15 is 0 Å². The van der Waals surface area contributed by atoms with Crippen LogP contribution in [0.15, 0.2) is 91.0 Å². The molecule has 0 bridgehead atoms. The Morgan fingerprint density at radius 3 is 1.24 bits per heavy atom. The minimum absolute atomic E-state index is 0.0968. The molecule has 0 unspecified atom stereocenters. The van der Waals surface area contributed by atoms with Gasteiger partial charge < -0.3 is 5.64 Å². The molecule has 37 heavy (non-hydrogen) atoms. The summed E-state index contributed by atoms with van der Waals surface area (Å²) >= 11 is 0. The zero-order valence-corrected chi connectivity index (χ0v) is 23.4. The van der Waals surface area contributed by atoms with E-state index in [-0.39, 0.29) is 12.2 Å².